The Labute approximate surface area is 103 Å². The van der Waals surface area contributed by atoms with E-state index in [2.05, 4.69) is 41.0 Å². The van der Waals surface area contributed by atoms with Crippen LogP contribution in [0.3, 0.4) is 0 Å². The third kappa shape index (κ3) is 2.01. The van der Waals surface area contributed by atoms with Gasteiger partial charge in [0.2, 0.25) is 0 Å². The van der Waals surface area contributed by atoms with Gasteiger partial charge in [0.15, 0.2) is 0 Å². The summed E-state index contributed by atoms with van der Waals surface area (Å²) in [6, 6.07) is 0.782. The average molecular weight is 241 g/mol. The van der Waals surface area contributed by atoms with E-state index in [1.54, 1.807) is 0 Å². The Hall–Kier alpha value is 0.230. The summed E-state index contributed by atoms with van der Waals surface area (Å²) in [6.07, 6.45) is 3.99. The van der Waals surface area contributed by atoms with Crippen molar-refractivity contribution in [3.63, 3.8) is 0 Å². The van der Waals surface area contributed by atoms with Crippen LogP contribution in [0.2, 0.25) is 0 Å². The lowest BCUT2D eigenvalue weighted by atomic mass is 10.00. The molecule has 3 heterocycles. The van der Waals surface area contributed by atoms with Gasteiger partial charge in [0.1, 0.15) is 0 Å². The zero-order valence-corrected chi connectivity index (χ0v) is 11.2. The van der Waals surface area contributed by atoms with Gasteiger partial charge in [0, 0.05) is 30.9 Å². The molecule has 1 N–H and O–H groups in total. The van der Waals surface area contributed by atoms with E-state index < -0.39 is 0 Å². The molecule has 3 fully saturated rings. The number of rotatable bonds is 0. The molecule has 1 spiro atoms. The van der Waals surface area contributed by atoms with Crippen LogP contribution in [0.25, 0.3) is 0 Å². The highest BCUT2D eigenvalue weighted by Crippen LogP contribution is 2.45. The Morgan fingerprint density at radius 2 is 1.88 bits per heavy atom. The molecule has 0 amide bonds. The molecule has 0 aliphatic carbocycles. The Balaban J connectivity index is 1.67. The third-order valence-corrected chi connectivity index (χ3v) is 6.14. The Morgan fingerprint density at radius 1 is 1.12 bits per heavy atom. The molecule has 2 atom stereocenters. The van der Waals surface area contributed by atoms with E-state index in [9.17, 15) is 0 Å². The molecule has 3 aliphatic rings. The third-order valence-electron chi connectivity index (χ3n) is 4.38. The number of thioether (sulfide) groups is 1. The van der Waals surface area contributed by atoms with E-state index in [1.807, 2.05) is 0 Å². The average Bonchev–Trinajstić information content (AvgIpc) is 2.60. The second-order valence-corrected chi connectivity index (χ2v) is 7.38. The lowest BCUT2D eigenvalue weighted by Crippen LogP contribution is -2.51. The van der Waals surface area contributed by atoms with Gasteiger partial charge in [0.25, 0.3) is 0 Å². The molecule has 0 aromatic rings. The smallest absolute Gasteiger partial charge is 0.0676 e. The predicted octanol–water partition coefficient (Wildman–Crippen LogP) is 0.817. The van der Waals surface area contributed by atoms with Crippen molar-refractivity contribution in [2.75, 3.05) is 40.3 Å². The van der Waals surface area contributed by atoms with Crippen LogP contribution in [0.4, 0.5) is 0 Å². The highest BCUT2D eigenvalue weighted by atomic mass is 32.2. The normalized spacial score (nSPS) is 40.1. The number of fused-ring (bicyclic) bond motifs is 1. The molecule has 3 saturated heterocycles. The topological polar surface area (TPSA) is 18.5 Å². The van der Waals surface area contributed by atoms with Gasteiger partial charge in [-0.1, -0.05) is 0 Å². The Bertz CT molecular complexity index is 263. The molecule has 92 valence electrons. The molecule has 3 rings (SSSR count). The second kappa shape index (κ2) is 4.16. The standard InChI is InChI=1S/C12H23N3S/c1-14-7-4-12(5-8-14)13-10-3-6-15(2)9-11(10)16-12/h10-11,13H,3-9H2,1-2H3/t10-,11-/m0/s1. The van der Waals surface area contributed by atoms with E-state index in [4.69, 9.17) is 0 Å². The number of nitrogens with one attached hydrogen (secondary N) is 1. The zero-order chi connectivity index (χ0) is 11.2. The maximum atomic E-state index is 3.96. The van der Waals surface area contributed by atoms with Crippen LogP contribution >= 0.6 is 11.8 Å². The quantitative estimate of drug-likeness (QED) is 0.676. The van der Waals surface area contributed by atoms with Crippen LogP contribution in [-0.4, -0.2) is 66.2 Å². The van der Waals surface area contributed by atoms with Gasteiger partial charge in [-0.3, -0.25) is 5.32 Å². The number of piperidine rings is 2. The van der Waals surface area contributed by atoms with E-state index in [0.29, 0.717) is 4.87 Å². The molecule has 3 aliphatic heterocycles. The first-order chi connectivity index (χ1) is 7.67. The van der Waals surface area contributed by atoms with Crippen LogP contribution in [0.15, 0.2) is 0 Å². The van der Waals surface area contributed by atoms with Crippen molar-refractivity contribution < 1.29 is 0 Å². The summed E-state index contributed by atoms with van der Waals surface area (Å²) in [4.78, 5) is 5.37. The van der Waals surface area contributed by atoms with E-state index in [0.717, 1.165) is 11.3 Å². The van der Waals surface area contributed by atoms with Crippen LogP contribution in [0, 0.1) is 0 Å². The van der Waals surface area contributed by atoms with E-state index >= 15 is 0 Å². The number of hydrogen-bond acceptors (Lipinski definition) is 4. The molecule has 0 radical (unpaired) electrons. The van der Waals surface area contributed by atoms with Gasteiger partial charge in [0.05, 0.1) is 4.87 Å². The summed E-state index contributed by atoms with van der Waals surface area (Å²) in [5.74, 6) is 0. The summed E-state index contributed by atoms with van der Waals surface area (Å²) in [5.41, 5.74) is 0. The van der Waals surface area contributed by atoms with Crippen molar-refractivity contribution in [3.05, 3.63) is 0 Å². The minimum atomic E-state index is 0.424. The molecule has 0 bridgehead atoms. The monoisotopic (exact) mass is 241 g/mol. The van der Waals surface area contributed by atoms with Crippen molar-refractivity contribution >= 4 is 11.8 Å². The fourth-order valence-electron chi connectivity index (χ4n) is 3.26. The SMILES string of the molecule is CN1CCC2(CC1)N[C@H]1CCN(C)C[C@@H]1S2. The summed E-state index contributed by atoms with van der Waals surface area (Å²) in [7, 11) is 4.50. The molecule has 0 aromatic carbocycles. The Kier molecular flexibility index (Phi) is 2.94. The van der Waals surface area contributed by atoms with Crippen molar-refractivity contribution in [2.24, 2.45) is 0 Å². The summed E-state index contributed by atoms with van der Waals surface area (Å²) in [5, 5.41) is 4.79. The fourth-order valence-corrected chi connectivity index (χ4v) is 5.17. The van der Waals surface area contributed by atoms with Crippen molar-refractivity contribution in [1.82, 2.24) is 15.1 Å². The molecule has 16 heavy (non-hydrogen) atoms. The van der Waals surface area contributed by atoms with Crippen LogP contribution < -0.4 is 5.32 Å². The predicted molar refractivity (Wildman–Crippen MR) is 69.9 cm³/mol. The number of nitrogens with zero attached hydrogens (tertiary/aromatic N) is 2. The highest BCUT2D eigenvalue weighted by molar-refractivity contribution is 8.01. The zero-order valence-electron chi connectivity index (χ0n) is 10.4. The lowest BCUT2D eigenvalue weighted by molar-refractivity contribution is 0.195. The first kappa shape index (κ1) is 11.3. The van der Waals surface area contributed by atoms with Gasteiger partial charge in [-0.05, 0) is 39.9 Å². The van der Waals surface area contributed by atoms with Crippen molar-refractivity contribution in [3.8, 4) is 0 Å². The molecule has 3 nitrogen and oxygen atoms in total. The van der Waals surface area contributed by atoms with Crippen molar-refractivity contribution in [1.29, 1.82) is 0 Å². The molecular formula is C12H23N3S. The largest absolute Gasteiger partial charge is 0.306 e. The van der Waals surface area contributed by atoms with Crippen LogP contribution in [-0.2, 0) is 0 Å². The van der Waals surface area contributed by atoms with Gasteiger partial charge >= 0.3 is 0 Å². The first-order valence-electron chi connectivity index (χ1n) is 6.49. The fraction of sp³-hybridized carbons (Fsp3) is 1.00. The molecule has 0 unspecified atom stereocenters. The van der Waals surface area contributed by atoms with Gasteiger partial charge in [-0.2, -0.15) is 0 Å². The number of likely N-dealkylation sites (tertiary alicyclic amines) is 2. The number of hydrogen-bond donors (Lipinski definition) is 1. The second-order valence-electron chi connectivity index (χ2n) is 5.76. The maximum absolute atomic E-state index is 3.96. The highest BCUT2D eigenvalue weighted by Gasteiger charge is 2.47. The van der Waals surface area contributed by atoms with E-state index in [-0.39, 0.29) is 0 Å². The maximum Gasteiger partial charge on any atom is 0.0676 e. The van der Waals surface area contributed by atoms with Gasteiger partial charge in [-0.15, -0.1) is 11.8 Å². The summed E-state index contributed by atoms with van der Waals surface area (Å²) in [6.45, 7) is 5.06. The van der Waals surface area contributed by atoms with Gasteiger partial charge < -0.3 is 9.80 Å². The minimum Gasteiger partial charge on any atom is -0.306 e. The summed E-state index contributed by atoms with van der Waals surface area (Å²) >= 11 is 2.24. The van der Waals surface area contributed by atoms with Gasteiger partial charge in [-0.25, -0.2) is 0 Å². The minimum absolute atomic E-state index is 0.424. The van der Waals surface area contributed by atoms with Crippen LogP contribution in [0.5, 0.6) is 0 Å². The molecule has 0 aromatic heterocycles. The molecule has 0 saturated carbocycles. The molecular weight excluding hydrogens is 218 g/mol. The first-order valence-corrected chi connectivity index (χ1v) is 7.37. The van der Waals surface area contributed by atoms with E-state index in [1.165, 1.54) is 45.4 Å². The van der Waals surface area contributed by atoms with Crippen LogP contribution in [0.1, 0.15) is 19.3 Å². The lowest BCUT2D eigenvalue weighted by Gasteiger charge is -2.37. The Morgan fingerprint density at radius 3 is 2.62 bits per heavy atom. The molecule has 4 heteroatoms. The summed E-state index contributed by atoms with van der Waals surface area (Å²) < 4.78 is 0. The van der Waals surface area contributed by atoms with Crippen molar-refractivity contribution in [2.45, 2.75) is 35.4 Å².